The Balaban J connectivity index is 1.31. The molecule has 1 atom stereocenters. The van der Waals surface area contributed by atoms with Gasteiger partial charge in [0.25, 0.3) is 5.91 Å². The Morgan fingerprint density at radius 1 is 1.19 bits per heavy atom. The molecule has 2 aliphatic heterocycles. The van der Waals surface area contributed by atoms with Gasteiger partial charge in [-0.15, -0.1) is 5.10 Å². The highest BCUT2D eigenvalue weighted by Gasteiger charge is 2.49. The Morgan fingerprint density at radius 3 is 2.89 bits per heavy atom. The Kier molecular flexibility index (Phi) is 3.87. The standard InChI is InChI=1S/C19H24N6O2/c26-17(15-5-6-16-20-21-22-25(16)12-15)24-10-8-19(13-24)7-2-9-23(18(19)27)11-14-3-1-4-14/h5-6,12,14H,1-4,7-11,13H2/t19-/m0/s1. The van der Waals surface area contributed by atoms with Crippen molar-refractivity contribution in [3.8, 4) is 0 Å². The topological polar surface area (TPSA) is 83.7 Å². The van der Waals surface area contributed by atoms with Crippen molar-refractivity contribution in [3.05, 3.63) is 23.9 Å². The van der Waals surface area contributed by atoms with E-state index in [-0.39, 0.29) is 17.2 Å². The zero-order valence-corrected chi connectivity index (χ0v) is 15.4. The van der Waals surface area contributed by atoms with E-state index in [1.165, 1.54) is 23.8 Å². The van der Waals surface area contributed by atoms with Crippen LogP contribution in [0.5, 0.6) is 0 Å². The van der Waals surface area contributed by atoms with Gasteiger partial charge in [-0.05, 0) is 60.6 Å². The van der Waals surface area contributed by atoms with Gasteiger partial charge in [-0.3, -0.25) is 9.59 Å². The second-order valence-corrected chi connectivity index (χ2v) is 8.31. The Hall–Kier alpha value is -2.51. The summed E-state index contributed by atoms with van der Waals surface area (Å²) in [4.78, 5) is 30.1. The number of fused-ring (bicyclic) bond motifs is 1. The summed E-state index contributed by atoms with van der Waals surface area (Å²) in [5, 5.41) is 11.3. The lowest BCUT2D eigenvalue weighted by Gasteiger charge is -2.42. The molecule has 0 unspecified atom stereocenters. The normalized spacial score (nSPS) is 26.1. The Bertz CT molecular complexity index is 891. The van der Waals surface area contributed by atoms with E-state index in [2.05, 4.69) is 20.4 Å². The fraction of sp³-hybridized carbons (Fsp3) is 0.632. The van der Waals surface area contributed by atoms with Crippen LogP contribution in [-0.4, -0.2) is 67.8 Å². The van der Waals surface area contributed by atoms with Crippen LogP contribution in [0.1, 0.15) is 48.9 Å². The highest BCUT2D eigenvalue weighted by Crippen LogP contribution is 2.41. The third-order valence-corrected chi connectivity index (χ3v) is 6.61. The monoisotopic (exact) mass is 368 g/mol. The largest absolute Gasteiger partial charge is 0.342 e. The first kappa shape index (κ1) is 16.6. The molecule has 2 saturated heterocycles. The first-order valence-corrected chi connectivity index (χ1v) is 9.91. The molecule has 0 bridgehead atoms. The van der Waals surface area contributed by atoms with Gasteiger partial charge in [0.05, 0.1) is 11.0 Å². The van der Waals surface area contributed by atoms with E-state index in [0.29, 0.717) is 30.2 Å². The molecule has 2 aromatic rings. The quantitative estimate of drug-likeness (QED) is 0.817. The first-order chi connectivity index (χ1) is 13.1. The minimum atomic E-state index is -0.378. The Labute approximate surface area is 157 Å². The van der Waals surface area contributed by atoms with Crippen LogP contribution in [0, 0.1) is 11.3 Å². The molecular weight excluding hydrogens is 344 g/mol. The molecule has 0 N–H and O–H groups in total. The lowest BCUT2D eigenvalue weighted by atomic mass is 9.77. The fourth-order valence-electron chi connectivity index (χ4n) is 4.79. The molecule has 5 rings (SSSR count). The van der Waals surface area contributed by atoms with Crippen molar-refractivity contribution in [1.29, 1.82) is 0 Å². The van der Waals surface area contributed by atoms with E-state index in [0.717, 1.165) is 32.4 Å². The van der Waals surface area contributed by atoms with Crippen molar-refractivity contribution in [2.75, 3.05) is 26.2 Å². The highest BCUT2D eigenvalue weighted by atomic mass is 16.2. The third kappa shape index (κ3) is 2.78. The fourth-order valence-corrected chi connectivity index (χ4v) is 4.79. The van der Waals surface area contributed by atoms with Gasteiger partial charge in [-0.25, -0.2) is 0 Å². The molecule has 142 valence electrons. The second-order valence-electron chi connectivity index (χ2n) is 8.31. The number of carbonyl (C=O) groups excluding carboxylic acids is 2. The molecule has 0 radical (unpaired) electrons. The van der Waals surface area contributed by atoms with Gasteiger partial charge in [0, 0.05) is 32.4 Å². The number of tetrazole rings is 1. The van der Waals surface area contributed by atoms with Crippen molar-refractivity contribution in [1.82, 2.24) is 29.8 Å². The summed E-state index contributed by atoms with van der Waals surface area (Å²) in [5.74, 6) is 0.909. The van der Waals surface area contributed by atoms with Crippen LogP contribution in [0.3, 0.4) is 0 Å². The number of hydrogen-bond acceptors (Lipinski definition) is 5. The van der Waals surface area contributed by atoms with E-state index in [9.17, 15) is 9.59 Å². The molecule has 2 aromatic heterocycles. The first-order valence-electron chi connectivity index (χ1n) is 9.91. The van der Waals surface area contributed by atoms with Gasteiger partial charge in [0.2, 0.25) is 5.91 Å². The van der Waals surface area contributed by atoms with Gasteiger partial charge in [0.15, 0.2) is 5.65 Å². The summed E-state index contributed by atoms with van der Waals surface area (Å²) in [6.45, 7) is 2.94. The van der Waals surface area contributed by atoms with Crippen LogP contribution in [0.25, 0.3) is 5.65 Å². The summed E-state index contributed by atoms with van der Waals surface area (Å²) < 4.78 is 1.51. The maximum absolute atomic E-state index is 13.2. The molecule has 0 aromatic carbocycles. The van der Waals surface area contributed by atoms with Crippen molar-refractivity contribution in [3.63, 3.8) is 0 Å². The van der Waals surface area contributed by atoms with Gasteiger partial charge < -0.3 is 9.80 Å². The van der Waals surface area contributed by atoms with Gasteiger partial charge in [-0.2, -0.15) is 4.52 Å². The zero-order valence-electron chi connectivity index (χ0n) is 15.4. The molecule has 1 spiro atoms. The number of nitrogens with zero attached hydrogens (tertiary/aromatic N) is 6. The zero-order chi connectivity index (χ0) is 18.4. The average Bonchev–Trinajstić information content (AvgIpc) is 3.28. The highest BCUT2D eigenvalue weighted by molar-refractivity contribution is 5.95. The van der Waals surface area contributed by atoms with Crippen molar-refractivity contribution >= 4 is 17.5 Å². The average molecular weight is 368 g/mol. The molecule has 8 nitrogen and oxygen atoms in total. The van der Waals surface area contributed by atoms with Crippen LogP contribution in [0.2, 0.25) is 0 Å². The number of aromatic nitrogens is 4. The van der Waals surface area contributed by atoms with Crippen LogP contribution >= 0.6 is 0 Å². The van der Waals surface area contributed by atoms with Crippen LogP contribution < -0.4 is 0 Å². The lowest BCUT2D eigenvalue weighted by Crippen LogP contribution is -2.52. The molecule has 2 amide bonds. The van der Waals surface area contributed by atoms with E-state index in [1.54, 1.807) is 18.3 Å². The summed E-state index contributed by atoms with van der Waals surface area (Å²) in [6, 6.07) is 3.50. The summed E-state index contributed by atoms with van der Waals surface area (Å²) in [5.41, 5.74) is 0.788. The van der Waals surface area contributed by atoms with Crippen LogP contribution in [-0.2, 0) is 4.79 Å². The molecule has 8 heteroatoms. The van der Waals surface area contributed by atoms with E-state index in [1.807, 2.05) is 4.90 Å². The predicted molar refractivity (Wildman–Crippen MR) is 96.9 cm³/mol. The molecular formula is C19H24N6O2. The van der Waals surface area contributed by atoms with Crippen molar-refractivity contribution < 1.29 is 9.59 Å². The maximum Gasteiger partial charge on any atom is 0.255 e. The van der Waals surface area contributed by atoms with Crippen LogP contribution in [0.15, 0.2) is 18.3 Å². The van der Waals surface area contributed by atoms with Crippen molar-refractivity contribution in [2.45, 2.75) is 38.5 Å². The SMILES string of the molecule is O=C(c1ccc2nnnn2c1)N1CC[C@@]2(CCCN(CC3CCC3)C2=O)C1. The van der Waals surface area contributed by atoms with E-state index < -0.39 is 0 Å². The number of carbonyl (C=O) groups is 2. The molecule has 3 fully saturated rings. The lowest BCUT2D eigenvalue weighted by molar-refractivity contribution is -0.146. The molecule has 1 aliphatic carbocycles. The smallest absolute Gasteiger partial charge is 0.255 e. The number of rotatable bonds is 3. The maximum atomic E-state index is 13.2. The van der Waals surface area contributed by atoms with Gasteiger partial charge in [0.1, 0.15) is 0 Å². The predicted octanol–water partition coefficient (Wildman–Crippen LogP) is 1.38. The number of hydrogen-bond donors (Lipinski definition) is 0. The summed E-state index contributed by atoms with van der Waals surface area (Å²) >= 11 is 0. The van der Waals surface area contributed by atoms with E-state index >= 15 is 0 Å². The number of pyridine rings is 1. The minimum absolute atomic E-state index is 0.0480. The third-order valence-electron chi connectivity index (χ3n) is 6.61. The molecule has 1 saturated carbocycles. The second kappa shape index (κ2) is 6.28. The minimum Gasteiger partial charge on any atom is -0.342 e. The molecule has 3 aliphatic rings. The molecule has 27 heavy (non-hydrogen) atoms. The number of amides is 2. The Morgan fingerprint density at radius 2 is 2.07 bits per heavy atom. The van der Waals surface area contributed by atoms with E-state index in [4.69, 9.17) is 0 Å². The van der Waals surface area contributed by atoms with Crippen LogP contribution in [0.4, 0.5) is 0 Å². The van der Waals surface area contributed by atoms with Crippen molar-refractivity contribution in [2.24, 2.45) is 11.3 Å². The van der Waals surface area contributed by atoms with Gasteiger partial charge in [-0.1, -0.05) is 6.42 Å². The van der Waals surface area contributed by atoms with Gasteiger partial charge >= 0.3 is 0 Å². The number of likely N-dealkylation sites (tertiary alicyclic amines) is 2. The summed E-state index contributed by atoms with van der Waals surface area (Å²) in [7, 11) is 0. The molecule has 4 heterocycles. The summed E-state index contributed by atoms with van der Waals surface area (Å²) in [6.07, 6.45) is 8.16. The number of piperidine rings is 1.